The van der Waals surface area contributed by atoms with Crippen molar-refractivity contribution in [2.24, 2.45) is 0 Å². The molecule has 14 heavy (non-hydrogen) atoms. The zero-order valence-electron chi connectivity index (χ0n) is 7.21. The molecule has 5 heteroatoms. The molecule has 0 saturated carbocycles. The molecular weight excluding hydrogens is 184 g/mol. The maximum Gasteiger partial charge on any atom is 0.339 e. The molecule has 0 fully saturated rings. The zero-order chi connectivity index (χ0) is 10.1. The summed E-state index contributed by atoms with van der Waals surface area (Å²) in [6.07, 6.45) is 2.89. The van der Waals surface area contributed by atoms with Crippen molar-refractivity contribution in [2.75, 3.05) is 0 Å². The van der Waals surface area contributed by atoms with E-state index in [-0.39, 0.29) is 12.2 Å². The van der Waals surface area contributed by atoms with E-state index >= 15 is 0 Å². The lowest BCUT2D eigenvalue weighted by atomic mass is 10.2. The number of nitrogens with zero attached hydrogens (tertiary/aromatic N) is 2. The standard InChI is InChI=1S/C9H8N2O3/c12-5-6-1-2-8-7(9(13)14)3-10-11(8)4-6/h1-4,12H,5H2,(H,13,14). The van der Waals surface area contributed by atoms with Gasteiger partial charge in [0.25, 0.3) is 0 Å². The number of carbonyl (C=O) groups is 1. The van der Waals surface area contributed by atoms with Crippen molar-refractivity contribution >= 4 is 11.5 Å². The highest BCUT2D eigenvalue weighted by Gasteiger charge is 2.10. The molecule has 2 aromatic rings. The molecule has 2 heterocycles. The summed E-state index contributed by atoms with van der Waals surface area (Å²) in [6, 6.07) is 3.30. The van der Waals surface area contributed by atoms with E-state index in [1.807, 2.05) is 0 Å². The van der Waals surface area contributed by atoms with Gasteiger partial charge in [0, 0.05) is 6.20 Å². The number of carboxylic acids is 1. The van der Waals surface area contributed by atoms with Crippen LogP contribution < -0.4 is 0 Å². The number of aliphatic hydroxyl groups excluding tert-OH is 1. The van der Waals surface area contributed by atoms with Crippen molar-refractivity contribution in [3.8, 4) is 0 Å². The second-order valence-corrected chi connectivity index (χ2v) is 2.89. The number of hydrogen-bond donors (Lipinski definition) is 2. The Bertz CT molecular complexity index is 490. The molecule has 0 amide bonds. The fourth-order valence-electron chi connectivity index (χ4n) is 1.29. The molecule has 0 aliphatic carbocycles. The largest absolute Gasteiger partial charge is 0.478 e. The molecule has 0 atom stereocenters. The van der Waals surface area contributed by atoms with Gasteiger partial charge in [-0.25, -0.2) is 9.31 Å². The molecule has 0 radical (unpaired) electrons. The van der Waals surface area contributed by atoms with Gasteiger partial charge in [0.2, 0.25) is 0 Å². The Labute approximate surface area is 79.2 Å². The predicted molar refractivity (Wildman–Crippen MR) is 48.1 cm³/mol. The molecule has 72 valence electrons. The highest BCUT2D eigenvalue weighted by molar-refractivity contribution is 5.95. The van der Waals surface area contributed by atoms with Gasteiger partial charge in [0.15, 0.2) is 0 Å². The summed E-state index contributed by atoms with van der Waals surface area (Å²) in [5.41, 5.74) is 1.38. The average Bonchev–Trinajstić information content (AvgIpc) is 2.59. The average molecular weight is 192 g/mol. The van der Waals surface area contributed by atoms with Gasteiger partial charge in [0.05, 0.1) is 18.3 Å². The Morgan fingerprint density at radius 1 is 1.50 bits per heavy atom. The highest BCUT2D eigenvalue weighted by atomic mass is 16.4. The summed E-state index contributed by atoms with van der Waals surface area (Å²) >= 11 is 0. The van der Waals surface area contributed by atoms with E-state index in [1.165, 1.54) is 10.7 Å². The number of aliphatic hydroxyl groups is 1. The molecule has 0 aliphatic heterocycles. The van der Waals surface area contributed by atoms with Gasteiger partial charge in [-0.1, -0.05) is 6.07 Å². The first kappa shape index (κ1) is 8.71. The molecule has 5 nitrogen and oxygen atoms in total. The summed E-state index contributed by atoms with van der Waals surface area (Å²) in [4.78, 5) is 10.7. The minimum atomic E-state index is -1.00. The first-order chi connectivity index (χ1) is 6.72. The monoisotopic (exact) mass is 192 g/mol. The summed E-state index contributed by atoms with van der Waals surface area (Å²) < 4.78 is 1.44. The molecule has 0 bridgehead atoms. The van der Waals surface area contributed by atoms with Crippen molar-refractivity contribution in [1.29, 1.82) is 0 Å². The lowest BCUT2D eigenvalue weighted by molar-refractivity contribution is 0.0699. The Morgan fingerprint density at radius 2 is 2.29 bits per heavy atom. The second kappa shape index (κ2) is 3.12. The van der Waals surface area contributed by atoms with Gasteiger partial charge in [0.1, 0.15) is 5.56 Å². The number of rotatable bonds is 2. The lowest BCUT2D eigenvalue weighted by Crippen LogP contribution is -1.96. The molecule has 0 spiro atoms. The van der Waals surface area contributed by atoms with Crippen LogP contribution in [0.4, 0.5) is 0 Å². The first-order valence-electron chi connectivity index (χ1n) is 4.03. The van der Waals surface area contributed by atoms with Gasteiger partial charge >= 0.3 is 5.97 Å². The third-order valence-corrected chi connectivity index (χ3v) is 1.99. The summed E-state index contributed by atoms with van der Waals surface area (Å²) in [5.74, 6) is -1.00. The Balaban J connectivity index is 2.65. The van der Waals surface area contributed by atoms with Gasteiger partial charge in [-0.3, -0.25) is 0 Å². The first-order valence-corrected chi connectivity index (χ1v) is 4.03. The number of pyridine rings is 1. The van der Waals surface area contributed by atoms with Gasteiger partial charge in [-0.15, -0.1) is 0 Å². The lowest BCUT2D eigenvalue weighted by Gasteiger charge is -1.97. The number of aromatic carboxylic acids is 1. The minimum Gasteiger partial charge on any atom is -0.478 e. The van der Waals surface area contributed by atoms with Crippen LogP contribution in [0.15, 0.2) is 24.5 Å². The molecule has 0 saturated heterocycles. The normalized spacial score (nSPS) is 10.6. The third-order valence-electron chi connectivity index (χ3n) is 1.99. The zero-order valence-corrected chi connectivity index (χ0v) is 7.21. The van der Waals surface area contributed by atoms with Gasteiger partial charge in [-0.2, -0.15) is 5.10 Å². The summed E-state index contributed by atoms with van der Waals surface area (Å²) in [7, 11) is 0. The van der Waals surface area contributed by atoms with Crippen LogP contribution in [0.1, 0.15) is 15.9 Å². The van der Waals surface area contributed by atoms with Crippen molar-refractivity contribution in [2.45, 2.75) is 6.61 Å². The SMILES string of the molecule is O=C(O)c1cnn2cc(CO)ccc12. The van der Waals surface area contributed by atoms with E-state index in [9.17, 15) is 4.79 Å². The van der Waals surface area contributed by atoms with Crippen LogP contribution >= 0.6 is 0 Å². The Morgan fingerprint density at radius 3 is 2.93 bits per heavy atom. The van der Waals surface area contributed by atoms with Gasteiger partial charge < -0.3 is 10.2 Å². The quantitative estimate of drug-likeness (QED) is 0.727. The molecule has 0 aromatic carbocycles. The van der Waals surface area contributed by atoms with E-state index in [0.717, 1.165) is 0 Å². The number of fused-ring (bicyclic) bond motifs is 1. The van der Waals surface area contributed by atoms with E-state index in [0.29, 0.717) is 11.1 Å². The Hall–Kier alpha value is -1.88. The number of carboxylic acid groups (broad SMARTS) is 1. The predicted octanol–water partition coefficient (Wildman–Crippen LogP) is 0.525. The molecule has 0 aliphatic rings. The maximum absolute atomic E-state index is 10.7. The molecule has 2 aromatic heterocycles. The third kappa shape index (κ3) is 1.23. The smallest absolute Gasteiger partial charge is 0.339 e. The van der Waals surface area contributed by atoms with Crippen LogP contribution in [-0.4, -0.2) is 25.8 Å². The van der Waals surface area contributed by atoms with Crippen LogP contribution in [0.5, 0.6) is 0 Å². The van der Waals surface area contributed by atoms with Crippen LogP contribution in [0.3, 0.4) is 0 Å². The fourth-order valence-corrected chi connectivity index (χ4v) is 1.29. The van der Waals surface area contributed by atoms with Crippen LogP contribution in [-0.2, 0) is 6.61 Å². The number of hydrogen-bond acceptors (Lipinski definition) is 3. The molecule has 2 rings (SSSR count). The number of aromatic nitrogens is 2. The fraction of sp³-hybridized carbons (Fsp3) is 0.111. The van der Waals surface area contributed by atoms with Crippen LogP contribution in [0.25, 0.3) is 5.52 Å². The second-order valence-electron chi connectivity index (χ2n) is 2.89. The summed E-state index contributed by atoms with van der Waals surface area (Å²) in [6.45, 7) is -0.0851. The molecule has 2 N–H and O–H groups in total. The van der Waals surface area contributed by atoms with Crippen LogP contribution in [0, 0.1) is 0 Å². The summed E-state index contributed by atoms with van der Waals surface area (Å²) in [5, 5.41) is 21.5. The highest BCUT2D eigenvalue weighted by Crippen LogP contribution is 2.11. The van der Waals surface area contributed by atoms with Gasteiger partial charge in [-0.05, 0) is 11.6 Å². The topological polar surface area (TPSA) is 74.8 Å². The van der Waals surface area contributed by atoms with E-state index < -0.39 is 5.97 Å². The van der Waals surface area contributed by atoms with Crippen molar-refractivity contribution in [1.82, 2.24) is 9.61 Å². The van der Waals surface area contributed by atoms with E-state index in [2.05, 4.69) is 5.10 Å². The van der Waals surface area contributed by atoms with Crippen LogP contribution in [0.2, 0.25) is 0 Å². The minimum absolute atomic E-state index is 0.0851. The van der Waals surface area contributed by atoms with Crippen molar-refractivity contribution < 1.29 is 15.0 Å². The maximum atomic E-state index is 10.7. The van der Waals surface area contributed by atoms with E-state index in [4.69, 9.17) is 10.2 Å². The van der Waals surface area contributed by atoms with E-state index in [1.54, 1.807) is 18.3 Å². The Kier molecular flexibility index (Phi) is 1.94. The molecular formula is C9H8N2O3. The van der Waals surface area contributed by atoms with Crippen molar-refractivity contribution in [3.63, 3.8) is 0 Å². The molecule has 0 unspecified atom stereocenters. The van der Waals surface area contributed by atoms with Crippen molar-refractivity contribution in [3.05, 3.63) is 35.7 Å².